The second-order valence-electron chi connectivity index (χ2n) is 6.16. The van der Waals surface area contributed by atoms with Gasteiger partial charge in [0, 0.05) is 12.1 Å². The first-order chi connectivity index (χ1) is 11.1. The van der Waals surface area contributed by atoms with Gasteiger partial charge in [0.1, 0.15) is 0 Å². The summed E-state index contributed by atoms with van der Waals surface area (Å²) in [5, 5.41) is 21.0. The van der Waals surface area contributed by atoms with E-state index in [1.165, 1.54) is 26.4 Å². The molecule has 24 heavy (non-hydrogen) atoms. The number of anilines is 1. The molecule has 8 nitrogen and oxygen atoms in total. The first-order valence-corrected chi connectivity index (χ1v) is 7.18. The summed E-state index contributed by atoms with van der Waals surface area (Å²) in [5.74, 6) is -3.91. The van der Waals surface area contributed by atoms with Crippen molar-refractivity contribution in [1.29, 1.82) is 0 Å². The van der Waals surface area contributed by atoms with Crippen molar-refractivity contribution in [2.75, 3.05) is 19.5 Å². The number of nitrogens with one attached hydrogen (secondary N) is 1. The van der Waals surface area contributed by atoms with E-state index in [4.69, 9.17) is 14.6 Å². The highest BCUT2D eigenvalue weighted by Crippen LogP contribution is 2.58. The summed E-state index contributed by atoms with van der Waals surface area (Å²) in [6.07, 6.45) is 0. The second kappa shape index (κ2) is 6.03. The summed E-state index contributed by atoms with van der Waals surface area (Å²) >= 11 is 0. The summed E-state index contributed by atoms with van der Waals surface area (Å²) in [4.78, 5) is 35.0. The zero-order valence-electron chi connectivity index (χ0n) is 13.7. The van der Waals surface area contributed by atoms with Gasteiger partial charge in [-0.15, -0.1) is 0 Å². The van der Waals surface area contributed by atoms with Gasteiger partial charge in [-0.25, -0.2) is 4.79 Å². The van der Waals surface area contributed by atoms with Gasteiger partial charge in [-0.3, -0.25) is 9.59 Å². The van der Waals surface area contributed by atoms with Crippen molar-refractivity contribution in [3.8, 4) is 11.5 Å². The monoisotopic (exact) mass is 337 g/mol. The van der Waals surface area contributed by atoms with E-state index in [0.29, 0.717) is 0 Å². The maximum absolute atomic E-state index is 12.4. The average molecular weight is 337 g/mol. The molecule has 0 unspecified atom stereocenters. The number of methoxy groups -OCH3 is 2. The molecule has 0 aromatic heterocycles. The van der Waals surface area contributed by atoms with E-state index >= 15 is 0 Å². The van der Waals surface area contributed by atoms with E-state index in [1.807, 2.05) is 0 Å². The third kappa shape index (κ3) is 2.86. The van der Waals surface area contributed by atoms with Gasteiger partial charge >= 0.3 is 11.9 Å². The first kappa shape index (κ1) is 17.6. The smallest absolute Gasteiger partial charge is 0.337 e. The fraction of sp³-hybridized carbons (Fsp3) is 0.438. The number of hydrogen-bond donors (Lipinski definition) is 3. The first-order valence-electron chi connectivity index (χ1n) is 7.18. The number of carboxylic acids is 2. The van der Waals surface area contributed by atoms with Crippen LogP contribution in [0.3, 0.4) is 0 Å². The molecule has 1 aromatic rings. The topological polar surface area (TPSA) is 122 Å². The van der Waals surface area contributed by atoms with Crippen molar-refractivity contribution in [1.82, 2.24) is 0 Å². The summed E-state index contributed by atoms with van der Waals surface area (Å²) in [6, 6.07) is 2.58. The number of ether oxygens (including phenoxy) is 2. The number of hydrogen-bond acceptors (Lipinski definition) is 5. The van der Waals surface area contributed by atoms with Crippen molar-refractivity contribution in [3.05, 3.63) is 17.7 Å². The molecule has 2 rings (SSSR count). The quantitative estimate of drug-likeness (QED) is 0.722. The van der Waals surface area contributed by atoms with Crippen molar-refractivity contribution in [2.45, 2.75) is 13.8 Å². The molecule has 0 aliphatic heterocycles. The molecule has 3 N–H and O–H groups in total. The molecule has 1 aromatic carbocycles. The number of carbonyl (C=O) groups excluding carboxylic acids is 1. The maximum Gasteiger partial charge on any atom is 0.337 e. The van der Waals surface area contributed by atoms with Gasteiger partial charge in [0.2, 0.25) is 5.91 Å². The van der Waals surface area contributed by atoms with Gasteiger partial charge in [0.15, 0.2) is 11.5 Å². The van der Waals surface area contributed by atoms with E-state index in [9.17, 15) is 19.5 Å². The molecule has 0 spiro atoms. The Balaban J connectivity index is 2.34. The zero-order valence-corrected chi connectivity index (χ0v) is 13.7. The lowest BCUT2D eigenvalue weighted by Crippen LogP contribution is -2.19. The molecule has 8 heteroatoms. The number of rotatable bonds is 6. The second-order valence-corrected chi connectivity index (χ2v) is 6.16. The molecule has 1 fully saturated rings. The lowest BCUT2D eigenvalue weighted by molar-refractivity contribution is -0.140. The molecule has 0 saturated heterocycles. The Morgan fingerprint density at radius 3 is 2.00 bits per heavy atom. The van der Waals surface area contributed by atoms with E-state index in [1.54, 1.807) is 13.8 Å². The summed E-state index contributed by atoms with van der Waals surface area (Å²) in [6.45, 7) is 3.37. The molecule has 1 aliphatic rings. The Labute approximate surface area is 138 Å². The van der Waals surface area contributed by atoms with E-state index in [-0.39, 0.29) is 22.7 Å². The Morgan fingerprint density at radius 2 is 1.58 bits per heavy atom. The van der Waals surface area contributed by atoms with E-state index in [0.717, 1.165) is 0 Å². The van der Waals surface area contributed by atoms with Crippen LogP contribution in [0.15, 0.2) is 12.1 Å². The van der Waals surface area contributed by atoms with Crippen LogP contribution < -0.4 is 14.8 Å². The highest BCUT2D eigenvalue weighted by Gasteiger charge is 2.65. The van der Waals surface area contributed by atoms with Crippen LogP contribution in [0.5, 0.6) is 11.5 Å². The van der Waals surface area contributed by atoms with Crippen molar-refractivity contribution in [3.63, 3.8) is 0 Å². The Morgan fingerprint density at radius 1 is 1.04 bits per heavy atom. The largest absolute Gasteiger partial charge is 0.493 e. The predicted molar refractivity (Wildman–Crippen MR) is 83.5 cm³/mol. The van der Waals surface area contributed by atoms with Crippen LogP contribution in [0.25, 0.3) is 0 Å². The number of amides is 1. The minimum atomic E-state index is -1.25. The van der Waals surface area contributed by atoms with Crippen molar-refractivity contribution < 1.29 is 34.1 Å². The third-order valence-electron chi connectivity index (χ3n) is 4.39. The van der Waals surface area contributed by atoms with Crippen LogP contribution in [0.4, 0.5) is 5.69 Å². The van der Waals surface area contributed by atoms with Crippen LogP contribution in [-0.4, -0.2) is 42.3 Å². The van der Waals surface area contributed by atoms with Gasteiger partial charge in [-0.2, -0.15) is 0 Å². The summed E-state index contributed by atoms with van der Waals surface area (Å²) < 4.78 is 10.2. The lowest BCUT2D eigenvalue weighted by atomic mass is 10.1. The highest BCUT2D eigenvalue weighted by molar-refractivity contribution is 6.04. The van der Waals surface area contributed by atoms with Crippen LogP contribution in [0, 0.1) is 17.3 Å². The van der Waals surface area contributed by atoms with Gasteiger partial charge < -0.3 is 25.0 Å². The predicted octanol–water partition coefficient (Wildman–Crippen LogP) is 1.70. The number of benzene rings is 1. The minimum Gasteiger partial charge on any atom is -0.493 e. The molecule has 2 atom stereocenters. The molecular weight excluding hydrogens is 318 g/mol. The third-order valence-corrected chi connectivity index (χ3v) is 4.39. The molecular formula is C16H19NO7. The molecule has 0 heterocycles. The number of aromatic carboxylic acids is 1. The summed E-state index contributed by atoms with van der Waals surface area (Å²) in [5.41, 5.74) is -0.834. The zero-order chi connectivity index (χ0) is 18.2. The van der Waals surface area contributed by atoms with Crippen LogP contribution >= 0.6 is 0 Å². The number of carboxylic acid groups (broad SMARTS) is 2. The molecule has 1 amide bonds. The fourth-order valence-electron chi connectivity index (χ4n) is 2.96. The number of aliphatic carboxylic acids is 1. The lowest BCUT2D eigenvalue weighted by Gasteiger charge is -2.14. The Bertz CT molecular complexity index is 711. The van der Waals surface area contributed by atoms with Crippen LogP contribution in [-0.2, 0) is 9.59 Å². The van der Waals surface area contributed by atoms with E-state index < -0.39 is 35.1 Å². The van der Waals surface area contributed by atoms with Crippen LogP contribution in [0.2, 0.25) is 0 Å². The Hall–Kier alpha value is -2.77. The molecule has 0 radical (unpaired) electrons. The van der Waals surface area contributed by atoms with Gasteiger partial charge in [-0.1, -0.05) is 13.8 Å². The molecule has 0 bridgehead atoms. The average Bonchev–Trinajstić information content (AvgIpc) is 3.09. The number of carbonyl (C=O) groups is 3. The molecule has 130 valence electrons. The highest BCUT2D eigenvalue weighted by atomic mass is 16.5. The van der Waals surface area contributed by atoms with Gasteiger partial charge in [0.25, 0.3) is 0 Å². The van der Waals surface area contributed by atoms with Crippen LogP contribution in [0.1, 0.15) is 24.2 Å². The molecule has 1 aliphatic carbocycles. The standard InChI is InChI=1S/C16H19NO7/c1-16(2)11(12(16)15(21)22)13(18)17-8-6-10(24-4)9(23-3)5-7(8)14(19)20/h5-6,11-12H,1-4H3,(H,17,18)(H,19,20)(H,21,22)/t11-,12+/m1/s1. The van der Waals surface area contributed by atoms with Crippen molar-refractivity contribution >= 4 is 23.5 Å². The SMILES string of the molecule is COc1cc(NC(=O)[C@H]2[C@@H](C(=O)O)C2(C)C)c(C(=O)O)cc1OC. The van der Waals surface area contributed by atoms with E-state index in [2.05, 4.69) is 5.32 Å². The molecule has 1 saturated carbocycles. The van der Waals surface area contributed by atoms with Crippen molar-refractivity contribution in [2.24, 2.45) is 17.3 Å². The Kier molecular flexibility index (Phi) is 4.42. The minimum absolute atomic E-state index is 0.0250. The normalized spacial score (nSPS) is 20.8. The van der Waals surface area contributed by atoms with Gasteiger partial charge in [-0.05, 0) is 5.41 Å². The summed E-state index contributed by atoms with van der Waals surface area (Å²) in [7, 11) is 2.75. The maximum atomic E-state index is 12.4. The fourth-order valence-corrected chi connectivity index (χ4v) is 2.96. The van der Waals surface area contributed by atoms with Gasteiger partial charge in [0.05, 0.1) is 37.3 Å².